The summed E-state index contributed by atoms with van der Waals surface area (Å²) in [7, 11) is 0. The molecule has 10 heteroatoms. The Balaban J connectivity index is 1.55. The van der Waals surface area contributed by atoms with Crippen LogP contribution < -0.4 is 10.6 Å². The highest BCUT2D eigenvalue weighted by Gasteiger charge is 2.21. The Bertz CT molecular complexity index is 1270. The molecule has 2 amide bonds. The lowest BCUT2D eigenvalue weighted by atomic mass is 10.1. The lowest BCUT2D eigenvalue weighted by Gasteiger charge is -2.13. The Morgan fingerprint density at radius 3 is 2.50 bits per heavy atom. The number of nitrogens with zero attached hydrogens (tertiary/aromatic N) is 2. The van der Waals surface area contributed by atoms with Gasteiger partial charge < -0.3 is 15.2 Å². The van der Waals surface area contributed by atoms with Crippen LogP contribution in [-0.2, 0) is 6.54 Å². The van der Waals surface area contributed by atoms with E-state index in [4.69, 9.17) is 34.8 Å². The predicted octanol–water partition coefficient (Wildman–Crippen LogP) is 6.46. The van der Waals surface area contributed by atoms with Gasteiger partial charge in [0.25, 0.3) is 11.8 Å². The van der Waals surface area contributed by atoms with Gasteiger partial charge in [0.15, 0.2) is 0 Å². The molecule has 0 atom stereocenters. The second-order valence-corrected chi connectivity index (χ2v) is 8.82. The van der Waals surface area contributed by atoms with Crippen molar-refractivity contribution in [1.29, 1.82) is 0 Å². The first-order valence-electron chi connectivity index (χ1n) is 9.30. The number of amides is 2. The van der Waals surface area contributed by atoms with Gasteiger partial charge >= 0.3 is 0 Å². The van der Waals surface area contributed by atoms with Crippen LogP contribution in [0.1, 0.15) is 25.6 Å². The van der Waals surface area contributed by atoms with Gasteiger partial charge in [0.1, 0.15) is 4.88 Å². The largest absolute Gasteiger partial charge is 0.333 e. The number of carbonyl (C=O) groups excluding carboxylic acids is 2. The second-order valence-electron chi connectivity index (χ2n) is 6.72. The molecule has 0 aliphatic heterocycles. The molecule has 0 saturated carbocycles. The summed E-state index contributed by atoms with van der Waals surface area (Å²) in [5.74, 6) is -0.881. The first-order valence-corrected chi connectivity index (χ1v) is 11.3. The Kier molecular flexibility index (Phi) is 6.81. The number of imidazole rings is 1. The third kappa shape index (κ3) is 4.97. The fourth-order valence-electron chi connectivity index (χ4n) is 2.96. The molecule has 2 aromatic heterocycles. The summed E-state index contributed by atoms with van der Waals surface area (Å²) >= 11 is 19.9. The fourth-order valence-corrected chi connectivity index (χ4v) is 4.55. The van der Waals surface area contributed by atoms with Crippen molar-refractivity contribution < 1.29 is 9.59 Å². The normalized spacial score (nSPS) is 10.7. The van der Waals surface area contributed by atoms with Crippen molar-refractivity contribution in [3.05, 3.63) is 97.6 Å². The highest BCUT2D eigenvalue weighted by molar-refractivity contribution is 7.13. The van der Waals surface area contributed by atoms with Gasteiger partial charge in [-0.05, 0) is 41.8 Å². The van der Waals surface area contributed by atoms with E-state index in [1.165, 1.54) is 11.3 Å². The molecule has 4 aromatic rings. The summed E-state index contributed by atoms with van der Waals surface area (Å²) in [6.45, 7) is 0.490. The molecule has 0 saturated heterocycles. The van der Waals surface area contributed by atoms with Gasteiger partial charge in [-0.1, -0.05) is 40.9 Å². The Morgan fingerprint density at radius 1 is 1.00 bits per heavy atom. The molecule has 0 fully saturated rings. The highest BCUT2D eigenvalue weighted by atomic mass is 35.5. The minimum absolute atomic E-state index is 0.200. The van der Waals surface area contributed by atoms with Gasteiger partial charge in [0, 0.05) is 28.7 Å². The minimum atomic E-state index is -0.453. The zero-order valence-electron chi connectivity index (χ0n) is 16.3. The average Bonchev–Trinajstić information content (AvgIpc) is 3.41. The first kappa shape index (κ1) is 22.4. The summed E-state index contributed by atoms with van der Waals surface area (Å²) < 4.78 is 1.85. The van der Waals surface area contributed by atoms with Gasteiger partial charge in [0.05, 0.1) is 34.2 Å². The van der Waals surface area contributed by atoms with Crippen LogP contribution >= 0.6 is 46.1 Å². The molecular weight excluding hydrogens is 491 g/mol. The summed E-state index contributed by atoms with van der Waals surface area (Å²) in [6, 6.07) is 11.5. The van der Waals surface area contributed by atoms with E-state index in [9.17, 15) is 9.59 Å². The Labute approximate surface area is 202 Å². The number of rotatable bonds is 6. The number of hydrogen-bond acceptors (Lipinski definition) is 4. The van der Waals surface area contributed by atoms with Gasteiger partial charge in [0.2, 0.25) is 0 Å². The van der Waals surface area contributed by atoms with Crippen molar-refractivity contribution in [2.75, 3.05) is 10.6 Å². The molecule has 0 radical (unpaired) electrons. The van der Waals surface area contributed by atoms with E-state index in [0.717, 1.165) is 5.56 Å². The molecule has 0 bridgehead atoms. The van der Waals surface area contributed by atoms with Crippen LogP contribution in [0.3, 0.4) is 0 Å². The molecule has 6 nitrogen and oxygen atoms in total. The lowest BCUT2D eigenvalue weighted by Crippen LogP contribution is -2.18. The third-order valence-electron chi connectivity index (χ3n) is 4.52. The Hall–Kier alpha value is -2.84. The molecule has 32 heavy (non-hydrogen) atoms. The topological polar surface area (TPSA) is 76.0 Å². The van der Waals surface area contributed by atoms with E-state index in [-0.39, 0.29) is 16.3 Å². The van der Waals surface area contributed by atoms with Crippen LogP contribution in [0.4, 0.5) is 11.4 Å². The van der Waals surface area contributed by atoms with Crippen LogP contribution in [0.25, 0.3) is 0 Å². The fraction of sp³-hybridized carbons (Fsp3) is 0.0455. The molecule has 162 valence electrons. The SMILES string of the molecule is O=C(Nc1ccc(Cl)cc1)c1cccc(Cl)c1NC(=O)c1scc(Cn2ccnc2)c1Cl. The molecule has 2 heterocycles. The summed E-state index contributed by atoms with van der Waals surface area (Å²) in [5.41, 5.74) is 1.76. The average molecular weight is 506 g/mol. The maximum atomic E-state index is 13.0. The molecule has 0 aliphatic rings. The standard InChI is InChI=1S/C22H15Cl3N4O2S/c23-14-4-6-15(7-5-14)27-21(30)16-2-1-3-17(24)19(16)28-22(31)20-18(25)13(11-32-20)10-29-9-8-26-12-29/h1-9,11-12H,10H2,(H,27,30)(H,28,31). The van der Waals surface area contributed by atoms with E-state index < -0.39 is 11.8 Å². The van der Waals surface area contributed by atoms with Gasteiger partial charge in [-0.3, -0.25) is 9.59 Å². The van der Waals surface area contributed by atoms with E-state index in [1.54, 1.807) is 55.0 Å². The van der Waals surface area contributed by atoms with Crippen LogP contribution in [0.2, 0.25) is 15.1 Å². The number of benzene rings is 2. The van der Waals surface area contributed by atoms with Crippen molar-refractivity contribution in [3.8, 4) is 0 Å². The summed E-state index contributed by atoms with van der Waals surface area (Å²) in [4.78, 5) is 30.1. The summed E-state index contributed by atoms with van der Waals surface area (Å²) in [6.07, 6.45) is 5.15. The minimum Gasteiger partial charge on any atom is -0.333 e. The molecule has 0 unspecified atom stereocenters. The quantitative estimate of drug-likeness (QED) is 0.316. The van der Waals surface area contributed by atoms with Crippen LogP contribution in [-0.4, -0.2) is 21.4 Å². The summed E-state index contributed by atoms with van der Waals surface area (Å²) in [5, 5.41) is 8.45. The molecule has 0 aliphatic carbocycles. The van der Waals surface area contributed by atoms with Crippen molar-refractivity contribution in [1.82, 2.24) is 9.55 Å². The van der Waals surface area contributed by atoms with Crippen molar-refractivity contribution in [2.24, 2.45) is 0 Å². The predicted molar refractivity (Wildman–Crippen MR) is 129 cm³/mol. The maximum absolute atomic E-state index is 13.0. The Morgan fingerprint density at radius 2 is 1.78 bits per heavy atom. The number of carbonyl (C=O) groups is 2. The number of thiophene rings is 1. The monoisotopic (exact) mass is 504 g/mol. The molecular formula is C22H15Cl3N4O2S. The van der Waals surface area contributed by atoms with Gasteiger partial charge in [-0.15, -0.1) is 11.3 Å². The number of nitrogens with one attached hydrogen (secondary N) is 2. The van der Waals surface area contributed by atoms with Crippen molar-refractivity contribution in [3.63, 3.8) is 0 Å². The van der Waals surface area contributed by atoms with Gasteiger partial charge in [-0.2, -0.15) is 0 Å². The van der Waals surface area contributed by atoms with Crippen molar-refractivity contribution in [2.45, 2.75) is 6.54 Å². The van der Waals surface area contributed by atoms with Gasteiger partial charge in [-0.25, -0.2) is 4.98 Å². The van der Waals surface area contributed by atoms with Crippen LogP contribution in [0, 0.1) is 0 Å². The molecule has 4 rings (SSSR count). The van der Waals surface area contributed by atoms with Crippen LogP contribution in [0.15, 0.2) is 66.6 Å². The zero-order valence-corrected chi connectivity index (χ0v) is 19.4. The van der Waals surface area contributed by atoms with Crippen molar-refractivity contribution >= 4 is 69.3 Å². The smallest absolute Gasteiger partial charge is 0.267 e. The molecule has 0 spiro atoms. The number of anilines is 2. The third-order valence-corrected chi connectivity index (χ3v) is 6.66. The number of aromatic nitrogens is 2. The highest BCUT2D eigenvalue weighted by Crippen LogP contribution is 2.32. The molecule has 2 aromatic carbocycles. The van der Waals surface area contributed by atoms with E-state index >= 15 is 0 Å². The zero-order chi connectivity index (χ0) is 22.7. The second kappa shape index (κ2) is 9.75. The van der Waals surface area contributed by atoms with E-state index in [2.05, 4.69) is 15.6 Å². The van der Waals surface area contributed by atoms with Crippen LogP contribution in [0.5, 0.6) is 0 Å². The van der Waals surface area contributed by atoms with E-state index in [1.807, 2.05) is 16.1 Å². The first-order chi connectivity index (χ1) is 15.4. The van der Waals surface area contributed by atoms with E-state index in [0.29, 0.717) is 27.2 Å². The number of halogens is 3. The molecule has 2 N–H and O–H groups in total. The maximum Gasteiger partial charge on any atom is 0.267 e. The number of hydrogen-bond donors (Lipinski definition) is 2. The lowest BCUT2D eigenvalue weighted by molar-refractivity contribution is 0.102. The number of para-hydroxylation sites is 1.